The molecule has 0 spiro atoms. The van der Waals surface area contributed by atoms with Crippen molar-refractivity contribution >= 4 is 56.6 Å². The van der Waals surface area contributed by atoms with Gasteiger partial charge in [0.05, 0.1) is 10.6 Å². The van der Waals surface area contributed by atoms with Gasteiger partial charge >= 0.3 is 0 Å². The molecule has 0 atom stereocenters. The van der Waals surface area contributed by atoms with Crippen molar-refractivity contribution in [2.45, 2.75) is 17.6 Å². The number of sulfonamides is 1. The van der Waals surface area contributed by atoms with Gasteiger partial charge in [-0.25, -0.2) is 8.42 Å². The number of carbonyl (C=O) groups is 1. The van der Waals surface area contributed by atoms with Crippen LogP contribution in [0.15, 0.2) is 77.7 Å². The number of nitrogens with zero attached hydrogens (tertiary/aromatic N) is 1. The Balaban J connectivity index is 1.65. The van der Waals surface area contributed by atoms with Crippen molar-refractivity contribution < 1.29 is 13.2 Å². The predicted octanol–water partition coefficient (Wildman–Crippen LogP) is 5.55. The van der Waals surface area contributed by atoms with Crippen molar-refractivity contribution in [1.82, 2.24) is 5.32 Å². The van der Waals surface area contributed by atoms with Gasteiger partial charge in [-0.3, -0.25) is 9.10 Å². The molecule has 0 saturated carbocycles. The standard InChI is InChI=1S/C24H24Cl2N2O3S2/c1-18-5-2-3-8-23(18)28(33(30,31)22-11-9-20(25)10-12-22)16-24(29)27-13-14-32-17-19-6-4-7-21(26)15-19/h2-12,15H,13-14,16-17H2,1H3,(H,27,29). The van der Waals surface area contributed by atoms with Gasteiger partial charge in [-0.2, -0.15) is 11.8 Å². The Kier molecular flexibility index (Phi) is 9.09. The number of thioether (sulfide) groups is 1. The summed E-state index contributed by atoms with van der Waals surface area (Å²) < 4.78 is 27.9. The summed E-state index contributed by atoms with van der Waals surface area (Å²) in [6, 6.07) is 20.6. The van der Waals surface area contributed by atoms with Gasteiger partial charge in [-0.1, -0.05) is 53.5 Å². The Morgan fingerprint density at radius 1 is 0.970 bits per heavy atom. The van der Waals surface area contributed by atoms with Crippen molar-refractivity contribution in [3.05, 3.63) is 94.0 Å². The van der Waals surface area contributed by atoms with Crippen LogP contribution in [0.5, 0.6) is 0 Å². The monoisotopic (exact) mass is 522 g/mol. The number of hydrogen-bond donors (Lipinski definition) is 1. The lowest BCUT2D eigenvalue weighted by Crippen LogP contribution is -2.41. The molecule has 0 radical (unpaired) electrons. The smallest absolute Gasteiger partial charge is 0.264 e. The molecule has 0 aliphatic heterocycles. The van der Waals surface area contributed by atoms with Crippen molar-refractivity contribution in [2.24, 2.45) is 0 Å². The number of rotatable bonds is 10. The van der Waals surface area contributed by atoms with E-state index < -0.39 is 10.0 Å². The van der Waals surface area contributed by atoms with E-state index in [-0.39, 0.29) is 17.3 Å². The fourth-order valence-corrected chi connectivity index (χ4v) is 5.77. The van der Waals surface area contributed by atoms with Gasteiger partial charge in [-0.15, -0.1) is 0 Å². The summed E-state index contributed by atoms with van der Waals surface area (Å²) in [4.78, 5) is 12.8. The molecule has 5 nitrogen and oxygen atoms in total. The molecular weight excluding hydrogens is 499 g/mol. The largest absolute Gasteiger partial charge is 0.354 e. The summed E-state index contributed by atoms with van der Waals surface area (Å²) in [5, 5.41) is 3.95. The number of para-hydroxylation sites is 1. The van der Waals surface area contributed by atoms with Crippen molar-refractivity contribution in [3.63, 3.8) is 0 Å². The maximum Gasteiger partial charge on any atom is 0.264 e. The van der Waals surface area contributed by atoms with Gasteiger partial charge in [0.2, 0.25) is 5.91 Å². The van der Waals surface area contributed by atoms with Crippen LogP contribution in [0.25, 0.3) is 0 Å². The minimum absolute atomic E-state index is 0.0695. The van der Waals surface area contributed by atoms with E-state index in [0.29, 0.717) is 28.0 Å². The summed E-state index contributed by atoms with van der Waals surface area (Å²) >= 11 is 13.6. The number of benzene rings is 3. The minimum atomic E-state index is -3.97. The zero-order valence-electron chi connectivity index (χ0n) is 18.0. The molecule has 0 saturated heterocycles. The molecule has 1 N–H and O–H groups in total. The zero-order valence-corrected chi connectivity index (χ0v) is 21.1. The number of carbonyl (C=O) groups excluding carboxylic acids is 1. The van der Waals surface area contributed by atoms with Crippen LogP contribution in [0, 0.1) is 6.92 Å². The Bertz CT molecular complexity index is 1200. The number of hydrogen-bond acceptors (Lipinski definition) is 4. The normalized spacial score (nSPS) is 11.2. The van der Waals surface area contributed by atoms with E-state index in [4.69, 9.17) is 23.2 Å². The Hall–Kier alpha value is -2.19. The third kappa shape index (κ3) is 7.14. The molecular formula is C24H24Cl2N2O3S2. The van der Waals surface area contributed by atoms with Gasteiger partial charge in [0.1, 0.15) is 6.54 Å². The molecule has 0 aliphatic carbocycles. The number of halogens is 2. The molecule has 3 aromatic carbocycles. The molecule has 0 aromatic heterocycles. The molecule has 3 rings (SSSR count). The lowest BCUT2D eigenvalue weighted by molar-refractivity contribution is -0.119. The first-order chi connectivity index (χ1) is 15.8. The zero-order chi connectivity index (χ0) is 23.8. The predicted molar refractivity (Wildman–Crippen MR) is 138 cm³/mol. The third-order valence-corrected chi connectivity index (χ3v) is 8.09. The number of aryl methyl sites for hydroxylation is 1. The van der Waals surface area contributed by atoms with Crippen LogP contribution in [0.2, 0.25) is 10.0 Å². The average molecular weight is 524 g/mol. The highest BCUT2D eigenvalue weighted by Crippen LogP contribution is 2.27. The van der Waals surface area contributed by atoms with Crippen molar-refractivity contribution in [2.75, 3.05) is 23.1 Å². The lowest BCUT2D eigenvalue weighted by atomic mass is 10.2. The van der Waals surface area contributed by atoms with Gasteiger partial charge in [0, 0.05) is 28.1 Å². The fourth-order valence-electron chi connectivity index (χ4n) is 3.14. The highest BCUT2D eigenvalue weighted by atomic mass is 35.5. The Morgan fingerprint density at radius 2 is 1.70 bits per heavy atom. The van der Waals surface area contributed by atoms with E-state index in [0.717, 1.165) is 21.2 Å². The lowest BCUT2D eigenvalue weighted by Gasteiger charge is -2.25. The van der Waals surface area contributed by atoms with Crippen LogP contribution in [0.1, 0.15) is 11.1 Å². The molecule has 0 unspecified atom stereocenters. The van der Waals surface area contributed by atoms with Crippen molar-refractivity contribution in [1.29, 1.82) is 0 Å². The summed E-state index contributed by atoms with van der Waals surface area (Å²) in [6.07, 6.45) is 0. The average Bonchev–Trinajstić information content (AvgIpc) is 2.78. The first-order valence-corrected chi connectivity index (χ1v) is 13.6. The van der Waals surface area contributed by atoms with Gasteiger partial charge in [0.15, 0.2) is 0 Å². The molecule has 9 heteroatoms. The minimum Gasteiger partial charge on any atom is -0.354 e. The molecule has 0 heterocycles. The van der Waals surface area contributed by atoms with Crippen LogP contribution in [-0.2, 0) is 20.6 Å². The van der Waals surface area contributed by atoms with Crippen LogP contribution >= 0.6 is 35.0 Å². The molecule has 0 bridgehead atoms. The van der Waals surface area contributed by atoms with Crippen LogP contribution in [0.4, 0.5) is 5.69 Å². The highest BCUT2D eigenvalue weighted by Gasteiger charge is 2.28. The van der Waals surface area contributed by atoms with Gasteiger partial charge < -0.3 is 5.32 Å². The maximum atomic E-state index is 13.4. The van der Waals surface area contributed by atoms with Gasteiger partial charge in [0.25, 0.3) is 10.0 Å². The summed E-state index contributed by atoms with van der Waals surface area (Å²) in [5.74, 6) is 1.09. The van der Waals surface area contributed by atoms with E-state index in [1.54, 1.807) is 23.9 Å². The molecule has 174 valence electrons. The summed E-state index contributed by atoms with van der Waals surface area (Å²) in [7, 11) is -3.97. The van der Waals surface area contributed by atoms with Gasteiger partial charge in [-0.05, 0) is 60.5 Å². The van der Waals surface area contributed by atoms with E-state index in [9.17, 15) is 13.2 Å². The van der Waals surface area contributed by atoms with E-state index in [1.165, 1.54) is 24.3 Å². The Morgan fingerprint density at radius 3 is 2.39 bits per heavy atom. The number of nitrogens with one attached hydrogen (secondary N) is 1. The molecule has 33 heavy (non-hydrogen) atoms. The number of anilines is 1. The molecule has 0 fully saturated rings. The second kappa shape index (κ2) is 11.8. The van der Waals surface area contributed by atoms with E-state index in [2.05, 4.69) is 5.32 Å². The Labute approximate surface area is 209 Å². The summed E-state index contributed by atoms with van der Waals surface area (Å²) in [5.41, 5.74) is 2.32. The van der Waals surface area contributed by atoms with Crippen LogP contribution in [0.3, 0.4) is 0 Å². The molecule has 0 aliphatic rings. The maximum absolute atomic E-state index is 13.4. The van der Waals surface area contributed by atoms with Crippen LogP contribution in [-0.4, -0.2) is 33.2 Å². The quantitative estimate of drug-likeness (QED) is 0.354. The highest BCUT2D eigenvalue weighted by molar-refractivity contribution is 7.98. The number of amides is 1. The SMILES string of the molecule is Cc1ccccc1N(CC(=O)NCCSCc1cccc(Cl)c1)S(=O)(=O)c1ccc(Cl)cc1. The molecule has 3 aromatic rings. The fraction of sp³-hybridized carbons (Fsp3) is 0.208. The third-order valence-electron chi connectivity index (χ3n) is 4.80. The first-order valence-electron chi connectivity index (χ1n) is 10.2. The second-order valence-electron chi connectivity index (χ2n) is 7.28. The van der Waals surface area contributed by atoms with E-state index in [1.807, 2.05) is 43.3 Å². The van der Waals surface area contributed by atoms with Crippen LogP contribution < -0.4 is 9.62 Å². The van der Waals surface area contributed by atoms with E-state index >= 15 is 0 Å². The first kappa shape index (κ1) is 25.4. The topological polar surface area (TPSA) is 66.5 Å². The van der Waals surface area contributed by atoms with Crippen molar-refractivity contribution in [3.8, 4) is 0 Å². The second-order valence-corrected chi connectivity index (χ2v) is 11.1. The molecule has 1 amide bonds. The summed E-state index contributed by atoms with van der Waals surface area (Å²) in [6.45, 7) is 1.91.